The van der Waals surface area contributed by atoms with Gasteiger partial charge in [-0.1, -0.05) is 11.6 Å². The fourth-order valence-corrected chi connectivity index (χ4v) is 3.96. The second-order valence-electron chi connectivity index (χ2n) is 6.65. The Balaban J connectivity index is 1.71. The minimum atomic E-state index is -4.15. The highest BCUT2D eigenvalue weighted by atomic mass is 35.5. The number of carbonyl (C=O) groups is 2. The van der Waals surface area contributed by atoms with E-state index in [2.05, 4.69) is 4.98 Å². The van der Waals surface area contributed by atoms with E-state index in [-0.39, 0.29) is 5.02 Å². The fourth-order valence-electron chi connectivity index (χ4n) is 2.91. The molecule has 1 aromatic heterocycles. The molecule has 0 unspecified atom stereocenters. The number of benzene rings is 1. The van der Waals surface area contributed by atoms with Gasteiger partial charge in [0.1, 0.15) is 5.75 Å². The average Bonchev–Trinajstić information content (AvgIpc) is 3.33. The summed E-state index contributed by atoms with van der Waals surface area (Å²) in [7, 11) is -2.40. The molecule has 0 aliphatic carbocycles. The van der Waals surface area contributed by atoms with Gasteiger partial charge in [0.2, 0.25) is 15.9 Å². The zero-order chi connectivity index (χ0) is 21.2. The standard InChI is InChI=1S/C17H19ClFN5O4S/c1-23-8-14(20-10-23)11-6-12(16(19)13(18)7-11)17(26)21-22-29(27,28)9-15(25)24-4-2-3-5-24/h6-8,10,22H,2-5,9H2,1H3,(H,21,26). The number of aryl methyl sites for hydroxylation is 1. The number of nitrogens with zero attached hydrogens (tertiary/aromatic N) is 3. The molecule has 2 heterocycles. The largest absolute Gasteiger partial charge is 0.342 e. The Bertz CT molecular complexity index is 1050. The van der Waals surface area contributed by atoms with Crippen LogP contribution in [0.5, 0.6) is 0 Å². The van der Waals surface area contributed by atoms with E-state index in [4.69, 9.17) is 11.6 Å². The van der Waals surface area contributed by atoms with Gasteiger partial charge in [0.05, 0.1) is 22.6 Å². The molecular formula is C17H19ClFN5O4S. The summed E-state index contributed by atoms with van der Waals surface area (Å²) in [6.07, 6.45) is 4.82. The molecule has 0 bridgehead atoms. The van der Waals surface area contributed by atoms with E-state index in [9.17, 15) is 22.4 Å². The van der Waals surface area contributed by atoms with E-state index in [1.165, 1.54) is 23.4 Å². The molecular weight excluding hydrogens is 425 g/mol. The molecule has 1 saturated heterocycles. The fraction of sp³-hybridized carbons (Fsp3) is 0.353. The molecule has 29 heavy (non-hydrogen) atoms. The van der Waals surface area contributed by atoms with Crippen LogP contribution in [0.2, 0.25) is 5.02 Å². The summed E-state index contributed by atoms with van der Waals surface area (Å²) in [4.78, 5) is 31.7. The lowest BCUT2D eigenvalue weighted by Gasteiger charge is -2.15. The number of carbonyl (C=O) groups excluding carboxylic acids is 2. The second-order valence-corrected chi connectivity index (χ2v) is 8.78. The molecule has 1 aliphatic heterocycles. The molecule has 0 saturated carbocycles. The monoisotopic (exact) mass is 443 g/mol. The van der Waals surface area contributed by atoms with Crippen molar-refractivity contribution in [2.75, 3.05) is 18.8 Å². The van der Waals surface area contributed by atoms with Gasteiger partial charge in [-0.15, -0.1) is 4.83 Å². The summed E-state index contributed by atoms with van der Waals surface area (Å²) in [5, 5.41) is -0.314. The number of hydrogen-bond acceptors (Lipinski definition) is 5. The van der Waals surface area contributed by atoms with Crippen molar-refractivity contribution < 1.29 is 22.4 Å². The topological polar surface area (TPSA) is 113 Å². The Morgan fingerprint density at radius 2 is 1.97 bits per heavy atom. The first-order valence-electron chi connectivity index (χ1n) is 8.71. The van der Waals surface area contributed by atoms with Crippen LogP contribution in [0, 0.1) is 5.82 Å². The van der Waals surface area contributed by atoms with Gasteiger partial charge in [0, 0.05) is 31.9 Å². The summed E-state index contributed by atoms with van der Waals surface area (Å²) >= 11 is 5.87. The van der Waals surface area contributed by atoms with Crippen LogP contribution in [-0.2, 0) is 21.9 Å². The van der Waals surface area contributed by atoms with Crippen LogP contribution in [-0.4, -0.2) is 53.5 Å². The number of hydrazine groups is 1. The van der Waals surface area contributed by atoms with Crippen molar-refractivity contribution in [2.24, 2.45) is 7.05 Å². The van der Waals surface area contributed by atoms with Crippen molar-refractivity contribution in [3.8, 4) is 11.3 Å². The molecule has 0 atom stereocenters. The quantitative estimate of drug-likeness (QED) is 0.648. The minimum absolute atomic E-state index is 0.314. The van der Waals surface area contributed by atoms with E-state index in [0.717, 1.165) is 12.8 Å². The van der Waals surface area contributed by atoms with Crippen molar-refractivity contribution in [3.05, 3.63) is 41.1 Å². The van der Waals surface area contributed by atoms with E-state index < -0.39 is 39.0 Å². The lowest BCUT2D eigenvalue weighted by atomic mass is 10.1. The number of hydrogen-bond donors (Lipinski definition) is 2. The highest BCUT2D eigenvalue weighted by Gasteiger charge is 2.25. The zero-order valence-electron chi connectivity index (χ0n) is 15.5. The molecule has 9 nitrogen and oxygen atoms in total. The molecule has 0 radical (unpaired) electrons. The number of amides is 2. The SMILES string of the molecule is Cn1cnc(-c2cc(Cl)c(F)c(C(=O)NNS(=O)(=O)CC(=O)N3CCCC3)c2)c1. The van der Waals surface area contributed by atoms with E-state index in [0.29, 0.717) is 24.3 Å². The van der Waals surface area contributed by atoms with Crippen LogP contribution < -0.4 is 10.3 Å². The summed E-state index contributed by atoms with van der Waals surface area (Å²) in [6, 6.07) is 2.53. The predicted octanol–water partition coefficient (Wildman–Crippen LogP) is 1.07. The molecule has 1 aromatic carbocycles. The molecule has 12 heteroatoms. The van der Waals surface area contributed by atoms with Crippen molar-refractivity contribution in [2.45, 2.75) is 12.8 Å². The van der Waals surface area contributed by atoms with Crippen molar-refractivity contribution in [1.29, 1.82) is 0 Å². The molecule has 1 aliphatic rings. The number of rotatable bonds is 6. The first-order chi connectivity index (χ1) is 13.7. The number of nitrogens with one attached hydrogen (secondary N) is 2. The van der Waals surface area contributed by atoms with Crippen LogP contribution >= 0.6 is 11.6 Å². The van der Waals surface area contributed by atoms with Crippen LogP contribution in [0.3, 0.4) is 0 Å². The average molecular weight is 444 g/mol. The number of imidazole rings is 1. The maximum atomic E-state index is 14.3. The van der Waals surface area contributed by atoms with Crippen LogP contribution in [0.25, 0.3) is 11.3 Å². The molecule has 2 aromatic rings. The Hall–Kier alpha value is -2.50. The maximum absolute atomic E-state index is 14.3. The van der Waals surface area contributed by atoms with Gasteiger partial charge in [0.15, 0.2) is 5.82 Å². The summed E-state index contributed by atoms with van der Waals surface area (Å²) < 4.78 is 40.1. The van der Waals surface area contributed by atoms with E-state index in [1.807, 2.05) is 10.3 Å². The van der Waals surface area contributed by atoms with Crippen molar-refractivity contribution >= 4 is 33.4 Å². The highest BCUT2D eigenvalue weighted by Crippen LogP contribution is 2.27. The lowest BCUT2D eigenvalue weighted by molar-refractivity contribution is -0.127. The smallest absolute Gasteiger partial charge is 0.269 e. The van der Waals surface area contributed by atoms with Crippen molar-refractivity contribution in [3.63, 3.8) is 0 Å². The molecule has 2 amide bonds. The van der Waals surface area contributed by atoms with E-state index >= 15 is 0 Å². The number of aromatic nitrogens is 2. The van der Waals surface area contributed by atoms with Gasteiger partial charge in [-0.2, -0.15) is 0 Å². The normalized spacial score (nSPS) is 14.2. The minimum Gasteiger partial charge on any atom is -0.342 e. The van der Waals surface area contributed by atoms with Crippen LogP contribution in [0.1, 0.15) is 23.2 Å². The second kappa shape index (κ2) is 8.47. The summed E-state index contributed by atoms with van der Waals surface area (Å²) in [6.45, 7) is 1.01. The Morgan fingerprint density at radius 1 is 1.28 bits per heavy atom. The van der Waals surface area contributed by atoms with Gasteiger partial charge in [0.25, 0.3) is 5.91 Å². The molecule has 2 N–H and O–H groups in total. The van der Waals surface area contributed by atoms with Gasteiger partial charge in [-0.3, -0.25) is 15.0 Å². The van der Waals surface area contributed by atoms with E-state index in [1.54, 1.807) is 17.8 Å². The maximum Gasteiger partial charge on any atom is 0.269 e. The Labute approximate surface area is 171 Å². The van der Waals surface area contributed by atoms with Crippen LogP contribution in [0.15, 0.2) is 24.7 Å². The first kappa shape index (κ1) is 21.2. The van der Waals surface area contributed by atoms with Gasteiger partial charge >= 0.3 is 0 Å². The number of halogens is 2. The van der Waals surface area contributed by atoms with Crippen molar-refractivity contribution in [1.82, 2.24) is 24.7 Å². The zero-order valence-corrected chi connectivity index (χ0v) is 17.1. The summed E-state index contributed by atoms with van der Waals surface area (Å²) in [5.74, 6) is -3.43. The van der Waals surface area contributed by atoms with Gasteiger partial charge in [-0.05, 0) is 25.0 Å². The number of sulfonamides is 1. The van der Waals surface area contributed by atoms with Gasteiger partial charge < -0.3 is 9.47 Å². The molecule has 1 fully saturated rings. The third-order valence-electron chi connectivity index (χ3n) is 4.37. The lowest BCUT2D eigenvalue weighted by Crippen LogP contribution is -2.46. The Morgan fingerprint density at radius 3 is 2.59 bits per heavy atom. The summed E-state index contributed by atoms with van der Waals surface area (Å²) in [5.41, 5.74) is 2.29. The highest BCUT2D eigenvalue weighted by molar-refractivity contribution is 7.90. The predicted molar refractivity (Wildman–Crippen MR) is 104 cm³/mol. The molecule has 156 valence electrons. The third kappa shape index (κ3) is 5.11. The Kier molecular flexibility index (Phi) is 6.20. The molecule has 3 rings (SSSR count). The third-order valence-corrected chi connectivity index (χ3v) is 5.68. The first-order valence-corrected chi connectivity index (χ1v) is 10.7. The number of likely N-dealkylation sites (tertiary alicyclic amines) is 1. The van der Waals surface area contributed by atoms with Crippen LogP contribution in [0.4, 0.5) is 4.39 Å². The molecule has 0 spiro atoms. The van der Waals surface area contributed by atoms with Gasteiger partial charge in [-0.25, -0.2) is 17.8 Å².